The van der Waals surface area contributed by atoms with Gasteiger partial charge in [0.25, 0.3) is 0 Å². The summed E-state index contributed by atoms with van der Waals surface area (Å²) in [6, 6.07) is 4.75. The smallest absolute Gasteiger partial charge is 0.389 e. The van der Waals surface area contributed by atoms with Crippen LogP contribution in [0.5, 0.6) is 5.75 Å². The summed E-state index contributed by atoms with van der Waals surface area (Å²) in [6.07, 6.45) is -5.16. The minimum Gasteiger partial charge on any atom is -0.494 e. The first-order chi connectivity index (χ1) is 7.42. The minimum absolute atomic E-state index is 0.122. The highest BCUT2D eigenvalue weighted by Gasteiger charge is 2.26. The van der Waals surface area contributed by atoms with Gasteiger partial charge in [0, 0.05) is 11.4 Å². The molecule has 1 nitrogen and oxygen atoms in total. The van der Waals surface area contributed by atoms with Crippen LogP contribution < -0.4 is 4.74 Å². The van der Waals surface area contributed by atoms with Gasteiger partial charge >= 0.3 is 6.18 Å². The second-order valence-corrected chi connectivity index (χ2v) is 3.71. The summed E-state index contributed by atoms with van der Waals surface area (Å²) in [5.41, 5.74) is 0.463. The van der Waals surface area contributed by atoms with Gasteiger partial charge in [0.1, 0.15) is 5.75 Å². The Labute approximate surface area is 97.2 Å². The Bertz CT molecular complexity index is 350. The fourth-order valence-electron chi connectivity index (χ4n) is 1.28. The number of hydrogen-bond acceptors (Lipinski definition) is 1. The highest BCUT2D eigenvalue weighted by molar-refractivity contribution is 6.31. The molecular weight excluding hydrogens is 241 g/mol. The van der Waals surface area contributed by atoms with Crippen LogP contribution in [0.25, 0.3) is 0 Å². The molecule has 1 rings (SSSR count). The van der Waals surface area contributed by atoms with Gasteiger partial charge in [-0.15, -0.1) is 0 Å². The van der Waals surface area contributed by atoms with Crippen molar-refractivity contribution in [2.24, 2.45) is 0 Å². The van der Waals surface area contributed by atoms with Crippen molar-refractivity contribution in [3.63, 3.8) is 0 Å². The third-order valence-corrected chi connectivity index (χ3v) is 2.37. The summed E-state index contributed by atoms with van der Waals surface area (Å²) < 4.78 is 41.3. The van der Waals surface area contributed by atoms with Crippen LogP contribution in [0.3, 0.4) is 0 Å². The van der Waals surface area contributed by atoms with Gasteiger partial charge < -0.3 is 4.74 Å². The maximum atomic E-state index is 12.0. The molecule has 0 saturated carbocycles. The van der Waals surface area contributed by atoms with E-state index in [4.69, 9.17) is 16.3 Å². The van der Waals surface area contributed by atoms with Crippen molar-refractivity contribution in [3.8, 4) is 5.75 Å². The fourth-order valence-corrected chi connectivity index (χ4v) is 1.49. The van der Waals surface area contributed by atoms with Crippen molar-refractivity contribution in [1.82, 2.24) is 0 Å². The molecule has 5 heteroatoms. The van der Waals surface area contributed by atoms with Crippen LogP contribution in [0.1, 0.15) is 18.9 Å². The van der Waals surface area contributed by atoms with E-state index in [9.17, 15) is 13.2 Å². The van der Waals surface area contributed by atoms with Crippen molar-refractivity contribution in [3.05, 3.63) is 28.8 Å². The standard InChI is InChI=1S/C11H12ClF3O/c1-2-16-9-3-4-10(12)8(7-9)5-6-11(13,14)15/h3-4,7H,2,5-6H2,1H3. The number of ether oxygens (including phenoxy) is 1. The molecule has 16 heavy (non-hydrogen) atoms. The van der Waals surface area contributed by atoms with Gasteiger partial charge in [0.2, 0.25) is 0 Å². The molecule has 0 radical (unpaired) electrons. The SMILES string of the molecule is CCOc1ccc(Cl)c(CCC(F)(F)F)c1. The molecule has 1 aromatic rings. The zero-order valence-electron chi connectivity index (χ0n) is 8.77. The minimum atomic E-state index is -4.16. The Kier molecular flexibility index (Phi) is 4.47. The molecule has 90 valence electrons. The fraction of sp³-hybridized carbons (Fsp3) is 0.455. The second-order valence-electron chi connectivity index (χ2n) is 3.30. The van der Waals surface area contributed by atoms with E-state index < -0.39 is 12.6 Å². The number of benzene rings is 1. The van der Waals surface area contributed by atoms with Gasteiger partial charge in [-0.2, -0.15) is 13.2 Å². The lowest BCUT2D eigenvalue weighted by Crippen LogP contribution is -2.08. The predicted molar refractivity (Wildman–Crippen MR) is 57.0 cm³/mol. The van der Waals surface area contributed by atoms with Crippen molar-refractivity contribution >= 4 is 11.6 Å². The average Bonchev–Trinajstić information content (AvgIpc) is 2.18. The third-order valence-electron chi connectivity index (χ3n) is 2.01. The molecule has 0 spiro atoms. The van der Waals surface area contributed by atoms with Gasteiger partial charge in [0.15, 0.2) is 0 Å². The van der Waals surface area contributed by atoms with Gasteiger partial charge in [-0.25, -0.2) is 0 Å². The van der Waals surface area contributed by atoms with E-state index >= 15 is 0 Å². The molecule has 0 saturated heterocycles. The second kappa shape index (κ2) is 5.43. The van der Waals surface area contributed by atoms with Gasteiger partial charge in [-0.05, 0) is 37.1 Å². The number of rotatable bonds is 4. The molecule has 0 aliphatic heterocycles. The Morgan fingerprint density at radius 2 is 2.00 bits per heavy atom. The first kappa shape index (κ1) is 13.2. The molecule has 0 aliphatic rings. The largest absolute Gasteiger partial charge is 0.494 e. The topological polar surface area (TPSA) is 9.23 Å². The van der Waals surface area contributed by atoms with Gasteiger partial charge in [-0.1, -0.05) is 11.6 Å². The lowest BCUT2D eigenvalue weighted by atomic mass is 10.1. The first-order valence-electron chi connectivity index (χ1n) is 4.90. The molecule has 0 amide bonds. The van der Waals surface area contributed by atoms with Crippen molar-refractivity contribution in [2.75, 3.05) is 6.61 Å². The van der Waals surface area contributed by atoms with E-state index in [2.05, 4.69) is 0 Å². The van der Waals surface area contributed by atoms with Crippen LogP contribution in [-0.4, -0.2) is 12.8 Å². The van der Waals surface area contributed by atoms with Crippen molar-refractivity contribution < 1.29 is 17.9 Å². The van der Waals surface area contributed by atoms with Crippen LogP contribution in [-0.2, 0) is 6.42 Å². The van der Waals surface area contributed by atoms with Crippen LogP contribution >= 0.6 is 11.6 Å². The van der Waals surface area contributed by atoms with Crippen LogP contribution in [0.15, 0.2) is 18.2 Å². The molecule has 0 heterocycles. The third kappa shape index (κ3) is 4.31. The molecule has 0 bridgehead atoms. The zero-order valence-corrected chi connectivity index (χ0v) is 9.53. The van der Waals surface area contributed by atoms with Crippen molar-refractivity contribution in [2.45, 2.75) is 25.9 Å². The molecule has 0 N–H and O–H groups in total. The quantitative estimate of drug-likeness (QED) is 0.779. The van der Waals surface area contributed by atoms with Crippen LogP contribution in [0.4, 0.5) is 13.2 Å². The van der Waals surface area contributed by atoms with Crippen LogP contribution in [0, 0.1) is 0 Å². The highest BCUT2D eigenvalue weighted by Crippen LogP contribution is 2.27. The lowest BCUT2D eigenvalue weighted by Gasteiger charge is -2.09. The Morgan fingerprint density at radius 1 is 1.31 bits per heavy atom. The highest BCUT2D eigenvalue weighted by atomic mass is 35.5. The molecule has 0 fully saturated rings. The summed E-state index contributed by atoms with van der Waals surface area (Å²) in [7, 11) is 0. The molecule has 0 aromatic heterocycles. The van der Waals surface area contributed by atoms with E-state index in [1.807, 2.05) is 6.92 Å². The first-order valence-corrected chi connectivity index (χ1v) is 5.28. The Hall–Kier alpha value is -0.900. The monoisotopic (exact) mass is 252 g/mol. The number of alkyl halides is 3. The van der Waals surface area contributed by atoms with Crippen LogP contribution in [0.2, 0.25) is 5.02 Å². The van der Waals surface area contributed by atoms with E-state index in [1.54, 1.807) is 18.2 Å². The average molecular weight is 253 g/mol. The van der Waals surface area contributed by atoms with E-state index in [-0.39, 0.29) is 6.42 Å². The zero-order chi connectivity index (χ0) is 12.2. The van der Waals surface area contributed by atoms with Gasteiger partial charge in [-0.3, -0.25) is 0 Å². The summed E-state index contributed by atoms with van der Waals surface area (Å²) in [4.78, 5) is 0. The van der Waals surface area contributed by atoms with E-state index in [1.165, 1.54) is 0 Å². The maximum Gasteiger partial charge on any atom is 0.389 e. The summed E-state index contributed by atoms with van der Waals surface area (Å²) in [5.74, 6) is 0.545. The van der Waals surface area contributed by atoms with E-state index in [0.29, 0.717) is 22.9 Å². The van der Waals surface area contributed by atoms with Gasteiger partial charge in [0.05, 0.1) is 6.61 Å². The number of hydrogen-bond donors (Lipinski definition) is 0. The lowest BCUT2D eigenvalue weighted by molar-refractivity contribution is -0.133. The molecule has 1 aromatic carbocycles. The Balaban J connectivity index is 2.74. The normalized spacial score (nSPS) is 11.6. The Morgan fingerprint density at radius 3 is 2.56 bits per heavy atom. The summed E-state index contributed by atoms with van der Waals surface area (Å²) >= 11 is 5.80. The number of aryl methyl sites for hydroxylation is 1. The predicted octanol–water partition coefficient (Wildman–Crippen LogP) is 4.23. The summed E-state index contributed by atoms with van der Waals surface area (Å²) in [6.45, 7) is 2.28. The summed E-state index contributed by atoms with van der Waals surface area (Å²) in [5, 5.41) is 0.340. The van der Waals surface area contributed by atoms with Crippen molar-refractivity contribution in [1.29, 1.82) is 0 Å². The van der Waals surface area contributed by atoms with E-state index in [0.717, 1.165) is 0 Å². The molecule has 0 unspecified atom stereocenters. The molecule has 0 atom stereocenters. The maximum absolute atomic E-state index is 12.0. The molecule has 0 aliphatic carbocycles. The molecular formula is C11H12ClF3O. The number of halogens is 4.